The topological polar surface area (TPSA) is 17.1 Å². The fourth-order valence-electron chi connectivity index (χ4n) is 1.27. The van der Waals surface area contributed by atoms with E-state index < -0.39 is 11.6 Å². The highest BCUT2D eigenvalue weighted by Gasteiger charge is 2.15. The number of ketones is 1. The van der Waals surface area contributed by atoms with Gasteiger partial charge in [-0.3, -0.25) is 4.79 Å². The normalized spacial score (nSPS) is 12.5. The van der Waals surface area contributed by atoms with Crippen LogP contribution in [0.1, 0.15) is 25.8 Å². The monoisotopic (exact) mass is 212 g/mol. The Balaban J connectivity index is 2.81. The summed E-state index contributed by atoms with van der Waals surface area (Å²) < 4.78 is 26.0. The Hall–Kier alpha value is -1.25. The minimum atomic E-state index is -0.908. The molecule has 1 atom stereocenters. The molecule has 3 heteroatoms. The molecule has 82 valence electrons. The van der Waals surface area contributed by atoms with Crippen molar-refractivity contribution >= 4 is 5.78 Å². The second-order valence-corrected chi connectivity index (χ2v) is 3.67. The van der Waals surface area contributed by atoms with Crippen molar-refractivity contribution in [3.8, 4) is 0 Å². The third-order valence-corrected chi connectivity index (χ3v) is 2.56. The minimum absolute atomic E-state index is 0.0292. The van der Waals surface area contributed by atoms with Gasteiger partial charge in [-0.25, -0.2) is 8.78 Å². The Morgan fingerprint density at radius 3 is 2.67 bits per heavy atom. The first kappa shape index (κ1) is 11.8. The first-order valence-electron chi connectivity index (χ1n) is 5.01. The maximum atomic E-state index is 13.2. The van der Waals surface area contributed by atoms with Crippen LogP contribution in [0, 0.1) is 17.6 Å². The van der Waals surface area contributed by atoms with Crippen LogP contribution in [0.4, 0.5) is 8.78 Å². The first-order valence-corrected chi connectivity index (χ1v) is 5.01. The number of Topliss-reactive ketones (excluding diaryl/α,β-unsaturated/α-hetero) is 1. The fraction of sp³-hybridized carbons (Fsp3) is 0.417. The quantitative estimate of drug-likeness (QED) is 0.749. The average molecular weight is 212 g/mol. The highest BCUT2D eigenvalue weighted by molar-refractivity contribution is 5.82. The summed E-state index contributed by atoms with van der Waals surface area (Å²) in [5.74, 6) is -1.96. The smallest absolute Gasteiger partial charge is 0.162 e. The lowest BCUT2D eigenvalue weighted by Crippen LogP contribution is -2.13. The van der Waals surface area contributed by atoms with Gasteiger partial charge in [0.25, 0.3) is 0 Å². The Kier molecular flexibility index (Phi) is 3.95. The van der Waals surface area contributed by atoms with E-state index in [1.807, 2.05) is 6.92 Å². The van der Waals surface area contributed by atoms with E-state index in [4.69, 9.17) is 0 Å². The minimum Gasteiger partial charge on any atom is -0.299 e. The van der Waals surface area contributed by atoms with E-state index in [1.165, 1.54) is 12.1 Å². The van der Waals surface area contributed by atoms with Crippen molar-refractivity contribution in [2.45, 2.75) is 26.7 Å². The molecule has 0 bridgehead atoms. The molecule has 0 saturated carbocycles. The Morgan fingerprint density at radius 2 is 2.07 bits per heavy atom. The van der Waals surface area contributed by atoms with Gasteiger partial charge in [0.2, 0.25) is 0 Å². The number of rotatable bonds is 4. The van der Waals surface area contributed by atoms with Gasteiger partial charge in [0.15, 0.2) is 11.6 Å². The third-order valence-electron chi connectivity index (χ3n) is 2.56. The van der Waals surface area contributed by atoms with Crippen molar-refractivity contribution in [2.75, 3.05) is 0 Å². The molecule has 1 aromatic rings. The zero-order valence-electron chi connectivity index (χ0n) is 8.89. The Labute approximate surface area is 88.1 Å². The summed E-state index contributed by atoms with van der Waals surface area (Å²) in [6.07, 6.45) is 0.689. The largest absolute Gasteiger partial charge is 0.299 e. The van der Waals surface area contributed by atoms with Crippen molar-refractivity contribution in [2.24, 2.45) is 5.92 Å². The predicted octanol–water partition coefficient (Wildman–Crippen LogP) is 3.12. The lowest BCUT2D eigenvalue weighted by Gasteiger charge is -2.08. The van der Waals surface area contributed by atoms with Crippen LogP contribution in [0.15, 0.2) is 18.2 Å². The summed E-state index contributed by atoms with van der Waals surface area (Å²) in [6, 6.07) is 3.91. The van der Waals surface area contributed by atoms with Gasteiger partial charge < -0.3 is 0 Å². The van der Waals surface area contributed by atoms with Crippen LogP contribution in [0.5, 0.6) is 0 Å². The maximum absolute atomic E-state index is 13.2. The van der Waals surface area contributed by atoms with Gasteiger partial charge in [0.1, 0.15) is 5.78 Å². The molecule has 1 rings (SSSR count). The first-order chi connectivity index (χ1) is 7.06. The summed E-state index contributed by atoms with van der Waals surface area (Å²) in [4.78, 5) is 11.5. The van der Waals surface area contributed by atoms with Crippen LogP contribution in [-0.4, -0.2) is 5.78 Å². The second kappa shape index (κ2) is 5.01. The maximum Gasteiger partial charge on any atom is 0.162 e. The molecule has 0 aliphatic rings. The number of carbonyl (C=O) groups is 1. The van der Waals surface area contributed by atoms with Gasteiger partial charge in [0, 0.05) is 12.3 Å². The molecule has 0 aliphatic heterocycles. The summed E-state index contributed by atoms with van der Waals surface area (Å²) >= 11 is 0. The highest BCUT2D eigenvalue weighted by Crippen LogP contribution is 2.14. The molecule has 0 amide bonds. The lowest BCUT2D eigenvalue weighted by molar-refractivity contribution is -0.121. The van der Waals surface area contributed by atoms with E-state index in [1.54, 1.807) is 6.92 Å². The molecular weight excluding hydrogens is 198 g/mol. The molecular formula is C12H14F2O. The summed E-state index contributed by atoms with van der Waals surface area (Å²) in [5, 5.41) is 0. The van der Waals surface area contributed by atoms with Gasteiger partial charge in [-0.1, -0.05) is 26.0 Å². The van der Waals surface area contributed by atoms with Crippen LogP contribution in [0.25, 0.3) is 0 Å². The van der Waals surface area contributed by atoms with Crippen LogP contribution in [0.3, 0.4) is 0 Å². The number of hydrogen-bond donors (Lipinski definition) is 0. The molecule has 0 fully saturated rings. The van der Waals surface area contributed by atoms with Crippen molar-refractivity contribution in [3.63, 3.8) is 0 Å². The van der Waals surface area contributed by atoms with Crippen molar-refractivity contribution in [1.82, 2.24) is 0 Å². The number of hydrogen-bond acceptors (Lipinski definition) is 1. The number of benzene rings is 1. The molecule has 1 aromatic carbocycles. The Morgan fingerprint density at radius 1 is 1.40 bits per heavy atom. The van der Waals surface area contributed by atoms with E-state index in [0.717, 1.165) is 12.5 Å². The standard InChI is InChI=1S/C12H14F2O/c1-3-8(2)11(15)7-9-5-4-6-10(13)12(9)14/h4-6,8H,3,7H2,1-2H3. The molecule has 15 heavy (non-hydrogen) atoms. The molecule has 1 nitrogen and oxygen atoms in total. The summed E-state index contributed by atoms with van der Waals surface area (Å²) in [7, 11) is 0. The number of carbonyl (C=O) groups excluding carboxylic acids is 1. The average Bonchev–Trinajstić information content (AvgIpc) is 2.23. The molecule has 0 aliphatic carbocycles. The number of halogens is 2. The molecule has 0 spiro atoms. The summed E-state index contributed by atoms with van der Waals surface area (Å²) in [5.41, 5.74) is 0.139. The molecule has 0 aromatic heterocycles. The fourth-order valence-corrected chi connectivity index (χ4v) is 1.27. The zero-order valence-corrected chi connectivity index (χ0v) is 8.89. The van der Waals surface area contributed by atoms with Crippen LogP contribution >= 0.6 is 0 Å². The third kappa shape index (κ3) is 2.85. The zero-order chi connectivity index (χ0) is 11.4. The molecule has 0 saturated heterocycles. The molecule has 0 radical (unpaired) electrons. The molecule has 0 heterocycles. The van der Waals surface area contributed by atoms with E-state index in [0.29, 0.717) is 0 Å². The SMILES string of the molecule is CCC(C)C(=O)Cc1cccc(F)c1F. The van der Waals surface area contributed by atoms with Crippen LogP contribution in [-0.2, 0) is 11.2 Å². The Bertz CT molecular complexity index is 361. The second-order valence-electron chi connectivity index (χ2n) is 3.67. The predicted molar refractivity (Wildman–Crippen MR) is 54.5 cm³/mol. The van der Waals surface area contributed by atoms with Gasteiger partial charge in [-0.05, 0) is 18.1 Å². The van der Waals surface area contributed by atoms with E-state index >= 15 is 0 Å². The van der Waals surface area contributed by atoms with Crippen molar-refractivity contribution in [1.29, 1.82) is 0 Å². The van der Waals surface area contributed by atoms with Gasteiger partial charge in [-0.15, -0.1) is 0 Å². The highest BCUT2D eigenvalue weighted by atomic mass is 19.2. The lowest BCUT2D eigenvalue weighted by atomic mass is 9.97. The van der Waals surface area contributed by atoms with Crippen molar-refractivity contribution in [3.05, 3.63) is 35.4 Å². The molecule has 1 unspecified atom stereocenters. The summed E-state index contributed by atoms with van der Waals surface area (Å²) in [6.45, 7) is 3.68. The van der Waals surface area contributed by atoms with E-state index in [2.05, 4.69) is 0 Å². The van der Waals surface area contributed by atoms with Crippen LogP contribution < -0.4 is 0 Å². The van der Waals surface area contributed by atoms with Gasteiger partial charge >= 0.3 is 0 Å². The molecule has 0 N–H and O–H groups in total. The van der Waals surface area contributed by atoms with Gasteiger partial charge in [-0.2, -0.15) is 0 Å². The van der Waals surface area contributed by atoms with Crippen molar-refractivity contribution < 1.29 is 13.6 Å². The van der Waals surface area contributed by atoms with E-state index in [-0.39, 0.29) is 23.7 Å². The van der Waals surface area contributed by atoms with E-state index in [9.17, 15) is 13.6 Å². The van der Waals surface area contributed by atoms with Crippen LogP contribution in [0.2, 0.25) is 0 Å². The van der Waals surface area contributed by atoms with Gasteiger partial charge in [0.05, 0.1) is 0 Å².